The third-order valence-corrected chi connectivity index (χ3v) is 3.13. The van der Waals surface area contributed by atoms with Gasteiger partial charge in [-0.3, -0.25) is 4.79 Å². The third kappa shape index (κ3) is 8.23. The SMILES string of the molecule is CCC(CC)C(=O)OCCC(C)CC(C)(C)C. The van der Waals surface area contributed by atoms with E-state index >= 15 is 0 Å². The lowest BCUT2D eigenvalue weighted by Gasteiger charge is -2.23. The molecule has 0 heterocycles. The number of ether oxygens (including phenoxy) is 1. The van der Waals surface area contributed by atoms with Gasteiger partial charge in [0.25, 0.3) is 0 Å². The first-order valence-electron chi connectivity index (χ1n) is 6.96. The van der Waals surface area contributed by atoms with E-state index in [-0.39, 0.29) is 11.9 Å². The number of hydrogen-bond donors (Lipinski definition) is 0. The molecule has 0 radical (unpaired) electrons. The highest BCUT2D eigenvalue weighted by atomic mass is 16.5. The standard InChI is InChI=1S/C15H30O2/c1-7-13(8-2)14(16)17-10-9-12(3)11-15(4,5)6/h12-13H,7-11H2,1-6H3. The van der Waals surface area contributed by atoms with Crippen LogP contribution in [0.1, 0.15) is 67.2 Å². The number of carbonyl (C=O) groups excluding carboxylic acids is 1. The van der Waals surface area contributed by atoms with Gasteiger partial charge < -0.3 is 4.74 Å². The Morgan fingerprint density at radius 2 is 1.71 bits per heavy atom. The molecule has 2 heteroatoms. The van der Waals surface area contributed by atoms with Crippen LogP contribution in [0.2, 0.25) is 0 Å². The molecule has 0 saturated carbocycles. The topological polar surface area (TPSA) is 26.3 Å². The zero-order valence-corrected chi connectivity index (χ0v) is 12.5. The molecule has 0 aromatic heterocycles. The zero-order chi connectivity index (χ0) is 13.5. The Morgan fingerprint density at radius 1 is 1.18 bits per heavy atom. The van der Waals surface area contributed by atoms with Crippen LogP contribution >= 0.6 is 0 Å². The van der Waals surface area contributed by atoms with E-state index in [4.69, 9.17) is 4.74 Å². The molecule has 0 N–H and O–H groups in total. The lowest BCUT2D eigenvalue weighted by Crippen LogP contribution is -2.19. The Labute approximate surface area is 107 Å². The van der Waals surface area contributed by atoms with Crippen molar-refractivity contribution in [3.63, 3.8) is 0 Å². The minimum absolute atomic E-state index is 0.0158. The minimum Gasteiger partial charge on any atom is -0.465 e. The first-order valence-corrected chi connectivity index (χ1v) is 6.96. The molecule has 102 valence electrons. The highest BCUT2D eigenvalue weighted by molar-refractivity contribution is 5.72. The fourth-order valence-electron chi connectivity index (χ4n) is 2.25. The molecule has 0 amide bonds. The molecule has 1 unspecified atom stereocenters. The lowest BCUT2D eigenvalue weighted by atomic mass is 9.84. The van der Waals surface area contributed by atoms with Crippen molar-refractivity contribution < 1.29 is 9.53 Å². The van der Waals surface area contributed by atoms with Gasteiger partial charge in [-0.05, 0) is 37.0 Å². The van der Waals surface area contributed by atoms with Gasteiger partial charge in [-0.2, -0.15) is 0 Å². The van der Waals surface area contributed by atoms with E-state index in [2.05, 4.69) is 27.7 Å². The fourth-order valence-corrected chi connectivity index (χ4v) is 2.25. The first-order chi connectivity index (χ1) is 7.80. The van der Waals surface area contributed by atoms with Crippen molar-refractivity contribution in [2.24, 2.45) is 17.3 Å². The lowest BCUT2D eigenvalue weighted by molar-refractivity contribution is -0.149. The molecule has 0 aliphatic carbocycles. The second-order valence-electron chi connectivity index (χ2n) is 6.34. The molecule has 0 aliphatic rings. The largest absolute Gasteiger partial charge is 0.465 e. The Morgan fingerprint density at radius 3 is 2.12 bits per heavy atom. The van der Waals surface area contributed by atoms with Crippen LogP contribution in [-0.2, 0) is 9.53 Å². The summed E-state index contributed by atoms with van der Waals surface area (Å²) in [4.78, 5) is 11.6. The Balaban J connectivity index is 3.80. The van der Waals surface area contributed by atoms with Crippen LogP contribution in [0.15, 0.2) is 0 Å². The molecule has 17 heavy (non-hydrogen) atoms. The molecule has 0 aromatic rings. The van der Waals surface area contributed by atoms with Crippen molar-refractivity contribution in [3.8, 4) is 0 Å². The maximum atomic E-state index is 11.6. The average molecular weight is 242 g/mol. The summed E-state index contributed by atoms with van der Waals surface area (Å²) >= 11 is 0. The summed E-state index contributed by atoms with van der Waals surface area (Å²) in [6, 6.07) is 0. The summed E-state index contributed by atoms with van der Waals surface area (Å²) in [6.07, 6.45) is 3.92. The van der Waals surface area contributed by atoms with Gasteiger partial charge >= 0.3 is 5.97 Å². The van der Waals surface area contributed by atoms with Gasteiger partial charge in [0.2, 0.25) is 0 Å². The second-order valence-corrected chi connectivity index (χ2v) is 6.34. The molecule has 0 rings (SSSR count). The van der Waals surface area contributed by atoms with Gasteiger partial charge in [0, 0.05) is 0 Å². The van der Waals surface area contributed by atoms with Gasteiger partial charge in [-0.15, -0.1) is 0 Å². The fraction of sp³-hybridized carbons (Fsp3) is 0.933. The predicted octanol–water partition coefficient (Wildman–Crippen LogP) is 4.43. The van der Waals surface area contributed by atoms with Gasteiger partial charge in [0.15, 0.2) is 0 Å². The molecular formula is C15H30O2. The van der Waals surface area contributed by atoms with Crippen molar-refractivity contribution in [3.05, 3.63) is 0 Å². The Kier molecular flexibility index (Phi) is 7.49. The third-order valence-electron chi connectivity index (χ3n) is 3.13. The Bertz CT molecular complexity index is 211. The van der Waals surface area contributed by atoms with Crippen LogP contribution in [0.4, 0.5) is 0 Å². The summed E-state index contributed by atoms with van der Waals surface area (Å²) in [6.45, 7) is 13.6. The van der Waals surface area contributed by atoms with Crippen molar-refractivity contribution in [2.75, 3.05) is 6.61 Å². The van der Waals surface area contributed by atoms with Gasteiger partial charge in [-0.1, -0.05) is 41.5 Å². The van der Waals surface area contributed by atoms with Crippen LogP contribution in [0, 0.1) is 17.3 Å². The van der Waals surface area contributed by atoms with Crippen LogP contribution in [0.25, 0.3) is 0 Å². The van der Waals surface area contributed by atoms with E-state index in [1.807, 2.05) is 13.8 Å². The quantitative estimate of drug-likeness (QED) is 0.617. The van der Waals surface area contributed by atoms with E-state index in [9.17, 15) is 4.79 Å². The van der Waals surface area contributed by atoms with Crippen LogP contribution < -0.4 is 0 Å². The maximum absolute atomic E-state index is 11.6. The molecule has 0 aliphatic heterocycles. The van der Waals surface area contributed by atoms with E-state index in [1.54, 1.807) is 0 Å². The highest BCUT2D eigenvalue weighted by Gasteiger charge is 2.18. The molecule has 0 fully saturated rings. The molecule has 0 spiro atoms. The van der Waals surface area contributed by atoms with Crippen molar-refractivity contribution >= 4 is 5.97 Å². The van der Waals surface area contributed by atoms with Crippen LogP contribution in [0.3, 0.4) is 0 Å². The summed E-state index contributed by atoms with van der Waals surface area (Å²) < 4.78 is 5.33. The van der Waals surface area contributed by atoms with Gasteiger partial charge in [0.1, 0.15) is 0 Å². The zero-order valence-electron chi connectivity index (χ0n) is 12.5. The van der Waals surface area contributed by atoms with Crippen LogP contribution in [-0.4, -0.2) is 12.6 Å². The highest BCUT2D eigenvalue weighted by Crippen LogP contribution is 2.25. The minimum atomic E-state index is -0.0158. The van der Waals surface area contributed by atoms with Crippen molar-refractivity contribution in [1.29, 1.82) is 0 Å². The normalized spacial score (nSPS) is 13.8. The van der Waals surface area contributed by atoms with Crippen LogP contribution in [0.5, 0.6) is 0 Å². The van der Waals surface area contributed by atoms with Gasteiger partial charge in [-0.25, -0.2) is 0 Å². The summed E-state index contributed by atoms with van der Waals surface area (Å²) in [5, 5.41) is 0. The first kappa shape index (κ1) is 16.5. The molecule has 0 bridgehead atoms. The molecule has 0 aromatic carbocycles. The number of esters is 1. The molecule has 0 saturated heterocycles. The monoisotopic (exact) mass is 242 g/mol. The molecule has 1 atom stereocenters. The second kappa shape index (κ2) is 7.73. The number of rotatable bonds is 7. The summed E-state index contributed by atoms with van der Waals surface area (Å²) in [7, 11) is 0. The van der Waals surface area contributed by atoms with E-state index in [0.29, 0.717) is 17.9 Å². The predicted molar refractivity (Wildman–Crippen MR) is 72.9 cm³/mol. The van der Waals surface area contributed by atoms with Crippen molar-refractivity contribution in [2.45, 2.75) is 67.2 Å². The van der Waals surface area contributed by atoms with E-state index < -0.39 is 0 Å². The van der Waals surface area contributed by atoms with Crippen molar-refractivity contribution in [1.82, 2.24) is 0 Å². The van der Waals surface area contributed by atoms with Gasteiger partial charge in [0.05, 0.1) is 12.5 Å². The molecular weight excluding hydrogens is 212 g/mol. The maximum Gasteiger partial charge on any atom is 0.308 e. The average Bonchev–Trinajstić information content (AvgIpc) is 2.16. The smallest absolute Gasteiger partial charge is 0.308 e. The number of carbonyl (C=O) groups is 1. The van der Waals surface area contributed by atoms with E-state index in [0.717, 1.165) is 19.3 Å². The van der Waals surface area contributed by atoms with E-state index in [1.165, 1.54) is 6.42 Å². The Hall–Kier alpha value is -0.530. The summed E-state index contributed by atoms with van der Waals surface area (Å²) in [5.41, 5.74) is 0.360. The molecule has 2 nitrogen and oxygen atoms in total. The number of hydrogen-bond acceptors (Lipinski definition) is 2. The summed E-state index contributed by atoms with van der Waals surface area (Å²) in [5.74, 6) is 0.690.